The second-order valence-corrected chi connectivity index (χ2v) is 13.5. The SMILES string of the molecule is Cc1ccc2cc(-c3ncnc4c3sc3cc(CC(C)(C)C)c(C)cc34)cc(CC(C)(C)C)c2n1. The number of hydrogen-bond acceptors (Lipinski definition) is 4. The molecule has 0 bridgehead atoms. The van der Waals surface area contributed by atoms with Crippen LogP contribution in [0.3, 0.4) is 0 Å². The van der Waals surface area contributed by atoms with Gasteiger partial charge < -0.3 is 0 Å². The minimum Gasteiger partial charge on any atom is -0.253 e. The van der Waals surface area contributed by atoms with Gasteiger partial charge in [0.25, 0.3) is 0 Å². The quantitative estimate of drug-likeness (QED) is 0.258. The Kier molecular flexibility index (Phi) is 5.71. The van der Waals surface area contributed by atoms with Crippen LogP contribution in [-0.2, 0) is 12.8 Å². The number of benzene rings is 2. The van der Waals surface area contributed by atoms with Crippen LogP contribution in [0, 0.1) is 24.7 Å². The lowest BCUT2D eigenvalue weighted by atomic mass is 9.86. The Hall–Kier alpha value is -2.85. The zero-order valence-electron chi connectivity index (χ0n) is 22.2. The molecule has 0 saturated heterocycles. The summed E-state index contributed by atoms with van der Waals surface area (Å²) in [5.74, 6) is 0. The maximum absolute atomic E-state index is 4.91. The second kappa shape index (κ2) is 8.37. The third kappa shape index (κ3) is 4.81. The van der Waals surface area contributed by atoms with Crippen molar-refractivity contribution in [2.75, 3.05) is 0 Å². The molecule has 0 aliphatic rings. The van der Waals surface area contributed by atoms with E-state index in [1.54, 1.807) is 6.33 Å². The number of aromatic nitrogens is 3. The molecule has 0 atom stereocenters. The van der Waals surface area contributed by atoms with Crippen LogP contribution in [0.25, 0.3) is 42.5 Å². The Labute approximate surface area is 212 Å². The highest BCUT2D eigenvalue weighted by molar-refractivity contribution is 7.26. The van der Waals surface area contributed by atoms with Crippen molar-refractivity contribution in [3.63, 3.8) is 0 Å². The highest BCUT2D eigenvalue weighted by Crippen LogP contribution is 2.41. The standard InChI is InChI=1S/C31H35N3S/c1-18-11-24-25(14-22(18)15-30(3,4)5)35-29-27(32-17-33-28(24)29)21-12-20-10-9-19(2)34-26(20)23(13-21)16-31(6,7)8/h9-14,17H,15-16H2,1-8H3. The first-order valence-electron chi connectivity index (χ1n) is 12.5. The Bertz CT molecular complexity index is 1580. The Morgan fingerprint density at radius 2 is 1.49 bits per heavy atom. The van der Waals surface area contributed by atoms with Crippen molar-refractivity contribution in [3.05, 3.63) is 65.1 Å². The molecule has 0 radical (unpaired) electrons. The second-order valence-electron chi connectivity index (χ2n) is 12.4. The molecule has 0 unspecified atom stereocenters. The fourth-order valence-corrected chi connectivity index (χ4v) is 6.20. The summed E-state index contributed by atoms with van der Waals surface area (Å²) >= 11 is 1.82. The molecule has 0 saturated carbocycles. The van der Waals surface area contributed by atoms with Gasteiger partial charge >= 0.3 is 0 Å². The predicted octanol–water partition coefficient (Wildman–Crippen LogP) is 8.85. The maximum atomic E-state index is 4.91. The lowest BCUT2D eigenvalue weighted by molar-refractivity contribution is 0.410. The topological polar surface area (TPSA) is 38.7 Å². The fraction of sp³-hybridized carbons (Fsp3) is 0.387. The van der Waals surface area contributed by atoms with E-state index in [0.29, 0.717) is 0 Å². The fourth-order valence-electron chi connectivity index (χ4n) is 4.99. The lowest BCUT2D eigenvalue weighted by Crippen LogP contribution is -2.10. The molecule has 0 aliphatic heterocycles. The summed E-state index contributed by atoms with van der Waals surface area (Å²) < 4.78 is 2.45. The van der Waals surface area contributed by atoms with Gasteiger partial charge in [-0.05, 0) is 84.5 Å². The van der Waals surface area contributed by atoms with Crippen LogP contribution in [0.2, 0.25) is 0 Å². The summed E-state index contributed by atoms with van der Waals surface area (Å²) in [6.07, 6.45) is 3.75. The minimum absolute atomic E-state index is 0.163. The smallest absolute Gasteiger partial charge is 0.116 e. The molecule has 5 aromatic rings. The van der Waals surface area contributed by atoms with Crippen LogP contribution in [0.5, 0.6) is 0 Å². The molecule has 3 nitrogen and oxygen atoms in total. The van der Waals surface area contributed by atoms with Crippen molar-refractivity contribution in [1.82, 2.24) is 15.0 Å². The molecular weight excluding hydrogens is 446 g/mol. The van der Waals surface area contributed by atoms with Crippen LogP contribution in [-0.4, -0.2) is 15.0 Å². The van der Waals surface area contributed by atoms with E-state index in [0.717, 1.165) is 45.5 Å². The first-order valence-corrected chi connectivity index (χ1v) is 13.3. The zero-order valence-corrected chi connectivity index (χ0v) is 23.0. The van der Waals surface area contributed by atoms with Crippen molar-refractivity contribution in [1.29, 1.82) is 0 Å². The van der Waals surface area contributed by atoms with Crippen molar-refractivity contribution < 1.29 is 0 Å². The molecule has 0 fully saturated rings. The Morgan fingerprint density at radius 1 is 0.771 bits per heavy atom. The van der Waals surface area contributed by atoms with Crippen molar-refractivity contribution >= 4 is 42.5 Å². The first-order chi connectivity index (χ1) is 16.4. The van der Waals surface area contributed by atoms with Gasteiger partial charge in [0, 0.05) is 26.7 Å². The summed E-state index contributed by atoms with van der Waals surface area (Å²) in [7, 11) is 0. The monoisotopic (exact) mass is 481 g/mol. The molecule has 0 amide bonds. The van der Waals surface area contributed by atoms with Gasteiger partial charge in [-0.2, -0.15) is 0 Å². The predicted molar refractivity (Wildman–Crippen MR) is 151 cm³/mol. The summed E-state index contributed by atoms with van der Waals surface area (Å²) in [6.45, 7) is 18.1. The number of fused-ring (bicyclic) bond motifs is 4. The molecule has 0 aliphatic carbocycles. The first kappa shape index (κ1) is 23.9. The molecule has 180 valence electrons. The molecule has 0 spiro atoms. The minimum atomic E-state index is 0.163. The zero-order chi connectivity index (χ0) is 25.1. The van der Waals surface area contributed by atoms with Crippen molar-refractivity contribution in [3.8, 4) is 11.3 Å². The number of aryl methyl sites for hydroxylation is 2. The Morgan fingerprint density at radius 3 is 2.20 bits per heavy atom. The summed E-state index contributed by atoms with van der Waals surface area (Å²) in [6, 6.07) is 13.5. The number of nitrogens with zero attached hydrogens (tertiary/aromatic N) is 3. The molecule has 0 N–H and O–H groups in total. The lowest BCUT2D eigenvalue weighted by Gasteiger charge is -2.20. The number of hydrogen-bond donors (Lipinski definition) is 0. The average Bonchev–Trinajstić information content (AvgIpc) is 3.09. The van der Waals surface area contributed by atoms with Gasteiger partial charge in [-0.25, -0.2) is 9.97 Å². The van der Waals surface area contributed by atoms with E-state index in [2.05, 4.69) is 91.8 Å². The van der Waals surface area contributed by atoms with E-state index in [9.17, 15) is 0 Å². The number of pyridine rings is 1. The van der Waals surface area contributed by atoms with Crippen LogP contribution in [0.4, 0.5) is 0 Å². The number of rotatable bonds is 3. The van der Waals surface area contributed by atoms with Gasteiger partial charge in [0.05, 0.1) is 21.4 Å². The number of thiophene rings is 1. The molecule has 3 heterocycles. The van der Waals surface area contributed by atoms with E-state index in [-0.39, 0.29) is 10.8 Å². The molecule has 3 aromatic heterocycles. The summed E-state index contributed by atoms with van der Waals surface area (Å²) in [5, 5.41) is 2.40. The van der Waals surface area contributed by atoms with Crippen LogP contribution >= 0.6 is 11.3 Å². The average molecular weight is 482 g/mol. The van der Waals surface area contributed by atoms with Crippen LogP contribution in [0.15, 0.2) is 42.7 Å². The van der Waals surface area contributed by atoms with Gasteiger partial charge in [-0.15, -0.1) is 11.3 Å². The van der Waals surface area contributed by atoms with E-state index in [4.69, 9.17) is 15.0 Å². The van der Waals surface area contributed by atoms with E-state index in [1.165, 1.54) is 32.2 Å². The molecule has 2 aromatic carbocycles. The van der Waals surface area contributed by atoms with Gasteiger partial charge in [-0.1, -0.05) is 47.6 Å². The van der Waals surface area contributed by atoms with Gasteiger partial charge in [0.1, 0.15) is 6.33 Å². The highest BCUT2D eigenvalue weighted by atomic mass is 32.1. The van der Waals surface area contributed by atoms with E-state index < -0.39 is 0 Å². The Balaban J connectivity index is 1.73. The van der Waals surface area contributed by atoms with Gasteiger partial charge in [0.15, 0.2) is 0 Å². The molecule has 4 heteroatoms. The third-order valence-electron chi connectivity index (χ3n) is 6.43. The molecule has 5 rings (SSSR count). The highest BCUT2D eigenvalue weighted by Gasteiger charge is 2.20. The largest absolute Gasteiger partial charge is 0.253 e. The molecular formula is C31H35N3S. The summed E-state index contributed by atoms with van der Waals surface area (Å²) in [4.78, 5) is 14.5. The van der Waals surface area contributed by atoms with E-state index >= 15 is 0 Å². The van der Waals surface area contributed by atoms with Gasteiger partial charge in [-0.3, -0.25) is 4.98 Å². The molecule has 35 heavy (non-hydrogen) atoms. The normalized spacial score (nSPS) is 12.8. The van der Waals surface area contributed by atoms with Crippen molar-refractivity contribution in [2.45, 2.75) is 68.2 Å². The van der Waals surface area contributed by atoms with Crippen molar-refractivity contribution in [2.24, 2.45) is 10.8 Å². The van der Waals surface area contributed by atoms with Crippen LogP contribution in [0.1, 0.15) is 63.9 Å². The third-order valence-corrected chi connectivity index (χ3v) is 7.58. The maximum Gasteiger partial charge on any atom is 0.116 e. The van der Waals surface area contributed by atoms with Gasteiger partial charge in [0.2, 0.25) is 0 Å². The summed E-state index contributed by atoms with van der Waals surface area (Å²) in [5.41, 5.74) is 9.83. The van der Waals surface area contributed by atoms with E-state index in [1.807, 2.05) is 11.3 Å². The van der Waals surface area contributed by atoms with Crippen LogP contribution < -0.4 is 0 Å².